The zero-order chi connectivity index (χ0) is 24.9. The molecule has 0 aliphatic rings. The molecule has 0 unspecified atom stereocenters. The van der Waals surface area contributed by atoms with Gasteiger partial charge in [0.05, 0.1) is 30.6 Å². The number of carbonyl (C=O) groups is 2. The number of rotatable bonds is 7. The lowest BCUT2D eigenvalue weighted by Gasteiger charge is -2.15. The Morgan fingerprint density at radius 2 is 1.28 bits per heavy atom. The molecule has 0 N–H and O–H groups in total. The number of nitrogens with zero attached hydrogens (tertiary/aromatic N) is 2. The highest BCUT2D eigenvalue weighted by Gasteiger charge is 2.33. The number of carbonyl (C=O) groups excluding carboxylic acids is 2. The Hall–Kier alpha value is -5.49. The summed E-state index contributed by atoms with van der Waals surface area (Å²) < 4.78 is 27.4. The molecule has 5 rings (SSSR count). The van der Waals surface area contributed by atoms with Crippen LogP contribution in [0.25, 0.3) is 35.0 Å². The van der Waals surface area contributed by atoms with Crippen LogP contribution in [0.4, 0.5) is 5.88 Å². The quantitative estimate of drug-likeness (QED) is 0.254. The summed E-state index contributed by atoms with van der Waals surface area (Å²) >= 11 is 0. The van der Waals surface area contributed by atoms with Gasteiger partial charge in [-0.15, -0.1) is 0 Å². The van der Waals surface area contributed by atoms with Gasteiger partial charge in [0.25, 0.3) is 11.8 Å². The van der Waals surface area contributed by atoms with Gasteiger partial charge in [-0.25, -0.2) is 4.90 Å². The van der Waals surface area contributed by atoms with Crippen molar-refractivity contribution in [2.24, 2.45) is 0 Å². The minimum Gasteiger partial charge on any atom is -0.465 e. The van der Waals surface area contributed by atoms with Gasteiger partial charge in [0.15, 0.2) is 11.5 Å². The van der Waals surface area contributed by atoms with E-state index >= 15 is 0 Å². The summed E-state index contributed by atoms with van der Waals surface area (Å²) in [5, 5.41) is 10.1. The van der Waals surface area contributed by atoms with E-state index in [0.717, 1.165) is 17.1 Å². The number of hydrogen-bond donors (Lipinski definition) is 0. The summed E-state index contributed by atoms with van der Waals surface area (Å²) in [6, 6.07) is 15.2. The van der Waals surface area contributed by atoms with E-state index < -0.39 is 11.8 Å². The first-order chi connectivity index (χ1) is 17.7. The Labute approximate surface area is 203 Å². The highest BCUT2D eigenvalue weighted by Crippen LogP contribution is 2.43. The molecule has 0 fully saturated rings. The summed E-state index contributed by atoms with van der Waals surface area (Å²) in [5.41, 5.74) is 0.152. The normalized spacial score (nSPS) is 11.3. The average molecular weight is 480 g/mol. The molecular formula is C27H16N2O7. The maximum absolute atomic E-state index is 13.3. The van der Waals surface area contributed by atoms with Gasteiger partial charge in [-0.05, 0) is 60.7 Å². The lowest BCUT2D eigenvalue weighted by Crippen LogP contribution is -2.34. The number of imide groups is 1. The number of hydrogen-bond acceptors (Lipinski definition) is 8. The maximum Gasteiger partial charge on any atom is 0.260 e. The van der Waals surface area contributed by atoms with Crippen molar-refractivity contribution in [1.82, 2.24) is 0 Å². The second-order valence-electron chi connectivity index (χ2n) is 7.26. The van der Waals surface area contributed by atoms with Gasteiger partial charge < -0.3 is 22.1 Å². The monoisotopic (exact) mass is 480 g/mol. The van der Waals surface area contributed by atoms with E-state index in [2.05, 4.69) is 0 Å². The summed E-state index contributed by atoms with van der Waals surface area (Å²) in [6.45, 7) is 0. The summed E-state index contributed by atoms with van der Waals surface area (Å²) in [5.74, 6) is -0.351. The van der Waals surface area contributed by atoms with Crippen molar-refractivity contribution in [2.45, 2.75) is 0 Å². The largest absolute Gasteiger partial charge is 0.465 e. The first-order valence-corrected chi connectivity index (χ1v) is 10.6. The number of furan rings is 5. The second-order valence-corrected chi connectivity index (χ2v) is 7.26. The molecule has 0 radical (unpaired) electrons. The average Bonchev–Trinajstić information content (AvgIpc) is 3.71. The molecule has 0 saturated heterocycles. The van der Waals surface area contributed by atoms with E-state index in [9.17, 15) is 14.9 Å². The van der Waals surface area contributed by atoms with Gasteiger partial charge >= 0.3 is 0 Å². The fraction of sp³-hybridized carbons (Fsp3) is 0. The van der Waals surface area contributed by atoms with Crippen LogP contribution in [0, 0.1) is 11.3 Å². The molecule has 0 spiro atoms. The Morgan fingerprint density at radius 3 is 1.75 bits per heavy atom. The molecular weight excluding hydrogens is 464 g/mol. The Kier molecular flexibility index (Phi) is 6.06. The zero-order valence-corrected chi connectivity index (χ0v) is 18.5. The van der Waals surface area contributed by atoms with Crippen LogP contribution in [0.3, 0.4) is 0 Å². The standard InChI is InChI=1S/C27H16N2O7/c28-17-20-25(21-7-3-15-34-21)26(22-8-4-16-35-22)36-27(20)29(23(30)11-9-18-5-1-13-32-18)24(31)12-10-19-6-2-14-33-19/h1-16H. The van der Waals surface area contributed by atoms with E-state index in [4.69, 9.17) is 22.1 Å². The van der Waals surface area contributed by atoms with Crippen molar-refractivity contribution >= 4 is 29.9 Å². The Balaban J connectivity index is 1.65. The minimum atomic E-state index is -0.775. The second kappa shape index (κ2) is 9.79. The van der Waals surface area contributed by atoms with Gasteiger partial charge in [0.2, 0.25) is 5.88 Å². The minimum absolute atomic E-state index is 0.0872. The molecule has 9 heteroatoms. The van der Waals surface area contributed by atoms with Crippen LogP contribution in [0.5, 0.6) is 0 Å². The van der Waals surface area contributed by atoms with Gasteiger partial charge in [0, 0.05) is 12.2 Å². The molecule has 176 valence electrons. The van der Waals surface area contributed by atoms with Crippen molar-refractivity contribution in [3.8, 4) is 28.9 Å². The van der Waals surface area contributed by atoms with Gasteiger partial charge in [-0.2, -0.15) is 5.26 Å². The molecule has 0 atom stereocenters. The van der Waals surface area contributed by atoms with E-state index in [-0.39, 0.29) is 28.5 Å². The fourth-order valence-corrected chi connectivity index (χ4v) is 3.45. The van der Waals surface area contributed by atoms with Crippen molar-refractivity contribution in [2.75, 3.05) is 4.90 Å². The highest BCUT2D eigenvalue weighted by molar-refractivity contribution is 6.23. The zero-order valence-electron chi connectivity index (χ0n) is 18.5. The third-order valence-corrected chi connectivity index (χ3v) is 5.02. The van der Waals surface area contributed by atoms with E-state index in [1.165, 1.54) is 37.2 Å². The molecule has 2 amide bonds. The van der Waals surface area contributed by atoms with Crippen LogP contribution in [0.2, 0.25) is 0 Å². The van der Waals surface area contributed by atoms with Gasteiger partial charge in [-0.3, -0.25) is 9.59 Å². The molecule has 0 saturated carbocycles. The fourth-order valence-electron chi connectivity index (χ4n) is 3.45. The third kappa shape index (κ3) is 4.34. The van der Waals surface area contributed by atoms with Crippen molar-refractivity contribution in [3.63, 3.8) is 0 Å². The van der Waals surface area contributed by atoms with Crippen molar-refractivity contribution in [1.29, 1.82) is 5.26 Å². The first-order valence-electron chi connectivity index (χ1n) is 10.6. The van der Waals surface area contributed by atoms with Crippen LogP contribution < -0.4 is 4.90 Å². The van der Waals surface area contributed by atoms with Crippen LogP contribution in [-0.4, -0.2) is 11.8 Å². The predicted molar refractivity (Wildman–Crippen MR) is 127 cm³/mol. The topological polar surface area (TPSA) is 127 Å². The predicted octanol–water partition coefficient (Wildman–Crippen LogP) is 6.14. The molecule has 9 nitrogen and oxygen atoms in total. The van der Waals surface area contributed by atoms with Crippen LogP contribution in [0.15, 0.2) is 108 Å². The molecule has 0 aliphatic heterocycles. The van der Waals surface area contributed by atoms with Gasteiger partial charge in [0.1, 0.15) is 28.9 Å². The van der Waals surface area contributed by atoms with Crippen LogP contribution >= 0.6 is 0 Å². The maximum atomic E-state index is 13.3. The Bertz CT molecular complexity index is 1500. The van der Waals surface area contributed by atoms with E-state index in [0.29, 0.717) is 17.3 Å². The number of anilines is 1. The third-order valence-electron chi connectivity index (χ3n) is 5.02. The molecule has 5 aromatic rings. The smallest absolute Gasteiger partial charge is 0.260 e. The molecule has 0 aliphatic carbocycles. The summed E-state index contributed by atoms with van der Waals surface area (Å²) in [7, 11) is 0. The lowest BCUT2D eigenvalue weighted by molar-refractivity contribution is -0.121. The molecule has 5 aromatic heterocycles. The molecule has 0 aromatic carbocycles. The lowest BCUT2D eigenvalue weighted by atomic mass is 10.1. The van der Waals surface area contributed by atoms with Crippen LogP contribution in [-0.2, 0) is 9.59 Å². The summed E-state index contributed by atoms with van der Waals surface area (Å²) in [4.78, 5) is 27.4. The van der Waals surface area contributed by atoms with Crippen molar-refractivity contribution < 1.29 is 31.7 Å². The van der Waals surface area contributed by atoms with Crippen molar-refractivity contribution in [3.05, 3.63) is 103 Å². The molecule has 0 bridgehead atoms. The first kappa shape index (κ1) is 22.3. The summed E-state index contributed by atoms with van der Waals surface area (Å²) in [6.07, 6.45) is 10.8. The van der Waals surface area contributed by atoms with E-state index in [1.807, 2.05) is 6.07 Å². The van der Waals surface area contributed by atoms with Crippen LogP contribution in [0.1, 0.15) is 17.1 Å². The Morgan fingerprint density at radius 1 is 0.750 bits per heavy atom. The number of amides is 2. The van der Waals surface area contributed by atoms with Gasteiger partial charge in [-0.1, -0.05) is 0 Å². The SMILES string of the molecule is N#Cc1c(N(C(=O)C=Cc2ccco2)C(=O)C=Cc2ccco2)oc(-c2ccco2)c1-c1ccco1. The van der Waals surface area contributed by atoms with E-state index in [1.54, 1.807) is 48.5 Å². The highest BCUT2D eigenvalue weighted by atomic mass is 16.4. The number of nitriles is 1. The molecule has 5 heterocycles. The molecule has 36 heavy (non-hydrogen) atoms.